The Morgan fingerprint density at radius 3 is 1.71 bits per heavy atom. The molecule has 3 saturated heterocycles. The molecule has 13 N–H and O–H groups in total. The molecule has 296 valence electrons. The largest absolute Gasteiger partial charge is 0.479 e. The van der Waals surface area contributed by atoms with Gasteiger partial charge in [-0.1, -0.05) is 0 Å². The van der Waals surface area contributed by atoms with Crippen molar-refractivity contribution in [1.82, 2.24) is 10.6 Å². The molecule has 0 saturated carbocycles. The highest BCUT2D eigenvalue weighted by Gasteiger charge is 2.56. The van der Waals surface area contributed by atoms with Crippen LogP contribution < -0.4 is 10.6 Å². The normalized spacial score (nSPS) is 43.8. The molecule has 24 heteroatoms. The number of aliphatic hydroxyl groups excluding tert-OH is 9. The van der Waals surface area contributed by atoms with Crippen molar-refractivity contribution in [2.75, 3.05) is 13.2 Å². The van der Waals surface area contributed by atoms with Crippen molar-refractivity contribution in [1.29, 1.82) is 0 Å². The molecule has 18 atom stereocenters. The molecule has 4 heterocycles. The molecule has 0 spiro atoms. The van der Waals surface area contributed by atoms with Crippen LogP contribution in [0.15, 0.2) is 11.8 Å². The van der Waals surface area contributed by atoms with Gasteiger partial charge in [-0.3, -0.25) is 9.59 Å². The number of hydrogen-bond acceptors (Lipinski definition) is 20. The maximum Gasteiger partial charge on any atom is 0.371 e. The number of aliphatic carboxylic acids is 2. The summed E-state index contributed by atoms with van der Waals surface area (Å²) in [7, 11) is 0. The molecule has 2 amide bonds. The average Bonchev–Trinajstić information content (AvgIpc) is 3.07. The minimum absolute atomic E-state index is 0.662. The van der Waals surface area contributed by atoms with Gasteiger partial charge in [-0.15, -0.1) is 0 Å². The smallest absolute Gasteiger partial charge is 0.371 e. The lowest BCUT2D eigenvalue weighted by atomic mass is 9.94. The molecule has 24 nitrogen and oxygen atoms in total. The van der Waals surface area contributed by atoms with E-state index in [4.69, 9.17) is 33.2 Å². The molecule has 4 aliphatic heterocycles. The molecular weight excluding hydrogens is 716 g/mol. The molecule has 0 unspecified atom stereocenters. The van der Waals surface area contributed by atoms with E-state index in [1.54, 1.807) is 0 Å². The minimum Gasteiger partial charge on any atom is -0.479 e. The Morgan fingerprint density at radius 2 is 1.17 bits per heavy atom. The Balaban J connectivity index is 1.62. The van der Waals surface area contributed by atoms with Gasteiger partial charge in [0.2, 0.25) is 23.9 Å². The molecule has 0 aromatic heterocycles. The lowest BCUT2D eigenvalue weighted by Gasteiger charge is -2.49. The summed E-state index contributed by atoms with van der Waals surface area (Å²) in [5.41, 5.74) is 0. The van der Waals surface area contributed by atoms with Gasteiger partial charge in [0.15, 0.2) is 25.0 Å². The third kappa shape index (κ3) is 8.95. The molecule has 0 aliphatic carbocycles. The number of hydrogen-bond donors (Lipinski definition) is 13. The van der Waals surface area contributed by atoms with Gasteiger partial charge in [0.05, 0.1) is 13.2 Å². The summed E-state index contributed by atoms with van der Waals surface area (Å²) in [5, 5.41) is 118. The summed E-state index contributed by atoms with van der Waals surface area (Å²) in [6.45, 7) is 0.187. The highest BCUT2D eigenvalue weighted by molar-refractivity contribution is 5.84. The first-order valence-corrected chi connectivity index (χ1v) is 15.7. The SMILES string of the molecule is CC(=O)N[C@@H]1[C@@H](O[C@@H]2O[C@H](C(=O)O)[C@@H](O[C@@H]3O[C@H](CO)[C@@H](O)[C@H](O[C@@H]4OC(C(=O)O)=C[C@H](O)[C@H]4O)[C@H]3NC(C)=O)[C@H](O)[C@H]2O)[C@H](O)[C@@H](CO)O[C@H]1O. The van der Waals surface area contributed by atoms with Gasteiger partial charge in [0.1, 0.15) is 79.2 Å². The van der Waals surface area contributed by atoms with Crippen molar-refractivity contribution in [3.63, 3.8) is 0 Å². The number of nitrogens with one attached hydrogen (secondary N) is 2. The first kappa shape index (κ1) is 41.6. The van der Waals surface area contributed by atoms with Gasteiger partial charge in [-0.05, 0) is 6.08 Å². The number of rotatable bonds is 12. The number of carbonyl (C=O) groups excluding carboxylic acids is 2. The van der Waals surface area contributed by atoms with E-state index < -0.39 is 153 Å². The lowest BCUT2D eigenvalue weighted by molar-refractivity contribution is -0.363. The van der Waals surface area contributed by atoms with E-state index in [2.05, 4.69) is 10.6 Å². The zero-order chi connectivity index (χ0) is 38.8. The summed E-state index contributed by atoms with van der Waals surface area (Å²) in [6, 6.07) is -3.31. The van der Waals surface area contributed by atoms with Gasteiger partial charge < -0.3 is 100.0 Å². The second kappa shape index (κ2) is 17.3. The fourth-order valence-electron chi connectivity index (χ4n) is 6.01. The fraction of sp³-hybridized carbons (Fsp3) is 0.786. The average molecular weight is 759 g/mol. The van der Waals surface area contributed by atoms with Gasteiger partial charge in [0.25, 0.3) is 0 Å². The van der Waals surface area contributed by atoms with Crippen molar-refractivity contribution in [2.45, 2.75) is 124 Å². The van der Waals surface area contributed by atoms with E-state index in [1.165, 1.54) is 0 Å². The molecule has 0 radical (unpaired) electrons. The van der Waals surface area contributed by atoms with Crippen LogP contribution in [0.3, 0.4) is 0 Å². The molecule has 3 fully saturated rings. The van der Waals surface area contributed by atoms with Crippen LogP contribution in [0.2, 0.25) is 0 Å². The summed E-state index contributed by atoms with van der Waals surface area (Å²) in [4.78, 5) is 48.0. The zero-order valence-electron chi connectivity index (χ0n) is 27.3. The monoisotopic (exact) mass is 758 g/mol. The molecule has 52 heavy (non-hydrogen) atoms. The number of carboxylic acid groups (broad SMARTS) is 2. The van der Waals surface area contributed by atoms with Crippen LogP contribution >= 0.6 is 0 Å². The van der Waals surface area contributed by atoms with Crippen LogP contribution in [-0.2, 0) is 52.3 Å². The van der Waals surface area contributed by atoms with Gasteiger partial charge in [0, 0.05) is 13.8 Å². The van der Waals surface area contributed by atoms with Gasteiger partial charge >= 0.3 is 11.9 Å². The molecule has 0 aromatic carbocycles. The molecule has 0 bridgehead atoms. The number of amides is 2. The van der Waals surface area contributed by atoms with Crippen molar-refractivity contribution in [3.8, 4) is 0 Å². The Labute approximate surface area is 292 Å². The first-order valence-electron chi connectivity index (χ1n) is 15.7. The first-order chi connectivity index (χ1) is 24.4. The van der Waals surface area contributed by atoms with Crippen LogP contribution in [-0.4, -0.2) is 204 Å². The number of carbonyl (C=O) groups is 4. The highest BCUT2D eigenvalue weighted by atomic mass is 16.8. The molecule has 4 rings (SSSR count). The maximum absolute atomic E-state index is 12.4. The van der Waals surface area contributed by atoms with Gasteiger partial charge in [-0.2, -0.15) is 0 Å². The lowest BCUT2D eigenvalue weighted by Crippen LogP contribution is -2.70. The Kier molecular flexibility index (Phi) is 13.8. The summed E-state index contributed by atoms with van der Waals surface area (Å²) in [5.74, 6) is -5.97. The summed E-state index contributed by atoms with van der Waals surface area (Å²) in [6.07, 6.45) is -30.6. The van der Waals surface area contributed by atoms with Crippen LogP contribution in [0.1, 0.15) is 13.8 Å². The van der Waals surface area contributed by atoms with E-state index in [9.17, 15) is 75.3 Å². The van der Waals surface area contributed by atoms with Crippen LogP contribution in [0.25, 0.3) is 0 Å². The third-order valence-corrected chi connectivity index (χ3v) is 8.53. The number of aliphatic hydroxyl groups is 9. The quantitative estimate of drug-likeness (QED) is 0.0878. The van der Waals surface area contributed by atoms with Crippen molar-refractivity contribution in [3.05, 3.63) is 11.8 Å². The van der Waals surface area contributed by atoms with Crippen LogP contribution in [0.4, 0.5) is 0 Å². The third-order valence-electron chi connectivity index (χ3n) is 8.53. The summed E-state index contributed by atoms with van der Waals surface area (Å²) < 4.78 is 38.1. The predicted molar refractivity (Wildman–Crippen MR) is 156 cm³/mol. The number of ether oxygens (including phenoxy) is 7. The van der Waals surface area contributed by atoms with Crippen molar-refractivity contribution >= 4 is 23.8 Å². The van der Waals surface area contributed by atoms with Crippen molar-refractivity contribution < 1.29 is 109 Å². The zero-order valence-corrected chi connectivity index (χ0v) is 27.3. The topological polar surface area (TPSA) is 379 Å². The predicted octanol–water partition coefficient (Wildman–Crippen LogP) is -8.12. The van der Waals surface area contributed by atoms with E-state index in [0.29, 0.717) is 6.08 Å². The molecular formula is C28H42N2O22. The van der Waals surface area contributed by atoms with E-state index in [-0.39, 0.29) is 0 Å². The Bertz CT molecular complexity index is 1320. The van der Waals surface area contributed by atoms with Gasteiger partial charge in [-0.25, -0.2) is 9.59 Å². The maximum atomic E-state index is 12.4. The Hall–Kier alpha value is -3.18. The van der Waals surface area contributed by atoms with E-state index in [1.807, 2.05) is 0 Å². The van der Waals surface area contributed by atoms with Crippen LogP contribution in [0.5, 0.6) is 0 Å². The minimum atomic E-state index is -2.28. The molecule has 4 aliphatic rings. The number of carboxylic acids is 2. The summed E-state index contributed by atoms with van der Waals surface area (Å²) >= 11 is 0. The fourth-order valence-corrected chi connectivity index (χ4v) is 6.01. The van der Waals surface area contributed by atoms with Crippen molar-refractivity contribution in [2.24, 2.45) is 0 Å². The van der Waals surface area contributed by atoms with E-state index >= 15 is 0 Å². The Morgan fingerprint density at radius 1 is 0.654 bits per heavy atom. The van der Waals surface area contributed by atoms with E-state index in [0.717, 1.165) is 13.8 Å². The second-order valence-electron chi connectivity index (χ2n) is 12.3. The highest BCUT2D eigenvalue weighted by Crippen LogP contribution is 2.34. The standard InChI is InChI=1S/C28H42N2O22/c1-6(33)29-12-19(15(37)10(4-31)46-25(12)45)49-28-18(40)17(39)21(22(52-28)24(43)44)51-26-13(30-7(2)34)20(16(38)11(5-32)48-26)50-27-14(36)8(35)3-9(47-27)23(41)42/h3,8,10-22,25-28,31-32,35-40,45H,4-5H2,1-2H3,(H,29,33)(H,30,34)(H,41,42)(H,43,44)/t8-,10+,11+,12+,13+,14+,15+,16+,17+,18+,19+,20+,21-,22-,25+,26-,27-,28+/m0/s1. The molecule has 0 aromatic rings. The second-order valence-corrected chi connectivity index (χ2v) is 12.3. The van der Waals surface area contributed by atoms with Crippen LogP contribution in [0, 0.1) is 0 Å².